The van der Waals surface area contributed by atoms with Gasteiger partial charge in [-0.2, -0.15) is 0 Å². The van der Waals surface area contributed by atoms with Gasteiger partial charge in [-0.05, 0) is 18.6 Å². The summed E-state index contributed by atoms with van der Waals surface area (Å²) >= 11 is 6.14. The number of benzene rings is 1. The molecule has 19 heavy (non-hydrogen) atoms. The Balaban J connectivity index is 2.32. The van der Waals surface area contributed by atoms with Crippen LogP contribution in [0.1, 0.15) is 23.8 Å². The van der Waals surface area contributed by atoms with Crippen LogP contribution in [0.5, 0.6) is 0 Å². The number of para-hydroxylation sites is 1. The molecule has 1 aromatic carbocycles. The molecule has 2 N–H and O–H groups in total. The summed E-state index contributed by atoms with van der Waals surface area (Å²) in [6.45, 7) is 1.80. The fourth-order valence-corrected chi connectivity index (χ4v) is 2.05. The van der Waals surface area contributed by atoms with Gasteiger partial charge in [0.2, 0.25) is 0 Å². The molecule has 1 unspecified atom stereocenters. The van der Waals surface area contributed by atoms with Gasteiger partial charge in [-0.25, -0.2) is 4.98 Å². The van der Waals surface area contributed by atoms with E-state index in [1.807, 2.05) is 25.1 Å². The van der Waals surface area contributed by atoms with E-state index in [9.17, 15) is 4.79 Å². The number of amides is 1. The van der Waals surface area contributed by atoms with Crippen LogP contribution in [0.3, 0.4) is 0 Å². The van der Waals surface area contributed by atoms with Crippen molar-refractivity contribution < 1.29 is 9.90 Å². The number of carbonyl (C=O) groups excluding carboxylic acids is 1. The maximum atomic E-state index is 12.0. The lowest BCUT2D eigenvalue weighted by Gasteiger charge is -2.14. The number of carbonyl (C=O) groups is 1. The van der Waals surface area contributed by atoms with Crippen LogP contribution in [0.15, 0.2) is 30.3 Å². The Kier molecular flexibility index (Phi) is 4.35. The molecule has 0 saturated carbocycles. The predicted molar refractivity (Wildman–Crippen MR) is 75.4 cm³/mol. The third kappa shape index (κ3) is 3.03. The van der Waals surface area contributed by atoms with Crippen LogP contribution in [0.2, 0.25) is 5.02 Å². The van der Waals surface area contributed by atoms with Crippen LogP contribution in [0, 0.1) is 0 Å². The van der Waals surface area contributed by atoms with Crippen LogP contribution >= 0.6 is 11.6 Å². The van der Waals surface area contributed by atoms with Crippen molar-refractivity contribution in [1.82, 2.24) is 10.3 Å². The van der Waals surface area contributed by atoms with Crippen molar-refractivity contribution in [2.24, 2.45) is 0 Å². The molecule has 1 aromatic heterocycles. The summed E-state index contributed by atoms with van der Waals surface area (Å²) in [4.78, 5) is 16.3. The van der Waals surface area contributed by atoms with Crippen molar-refractivity contribution in [3.63, 3.8) is 0 Å². The van der Waals surface area contributed by atoms with Crippen molar-refractivity contribution in [3.05, 3.63) is 41.0 Å². The molecule has 4 nitrogen and oxygen atoms in total. The largest absolute Gasteiger partial charge is 0.394 e. The average Bonchev–Trinajstić information content (AvgIpc) is 2.44. The van der Waals surface area contributed by atoms with Gasteiger partial charge in [0.05, 0.1) is 23.2 Å². The molecule has 5 heteroatoms. The molecular weight excluding hydrogens is 264 g/mol. The second kappa shape index (κ2) is 5.99. The summed E-state index contributed by atoms with van der Waals surface area (Å²) in [6, 6.07) is 8.66. The Labute approximate surface area is 116 Å². The van der Waals surface area contributed by atoms with Crippen molar-refractivity contribution in [2.75, 3.05) is 6.61 Å². The number of pyridine rings is 1. The second-order valence-electron chi connectivity index (χ2n) is 4.27. The van der Waals surface area contributed by atoms with Crippen LogP contribution < -0.4 is 5.32 Å². The van der Waals surface area contributed by atoms with E-state index in [-0.39, 0.29) is 24.2 Å². The lowest BCUT2D eigenvalue weighted by Crippen LogP contribution is -2.37. The Morgan fingerprint density at radius 2 is 2.21 bits per heavy atom. The number of fused-ring (bicyclic) bond motifs is 1. The fourth-order valence-electron chi connectivity index (χ4n) is 1.79. The number of aromatic nitrogens is 1. The quantitative estimate of drug-likeness (QED) is 0.903. The highest BCUT2D eigenvalue weighted by molar-refractivity contribution is 6.35. The van der Waals surface area contributed by atoms with Gasteiger partial charge in [-0.15, -0.1) is 0 Å². The molecule has 0 fully saturated rings. The molecule has 0 spiro atoms. The summed E-state index contributed by atoms with van der Waals surface area (Å²) in [5, 5.41) is 13.1. The van der Waals surface area contributed by atoms with Gasteiger partial charge in [-0.1, -0.05) is 36.7 Å². The molecule has 1 amide bonds. The van der Waals surface area contributed by atoms with Crippen LogP contribution in [0.4, 0.5) is 0 Å². The van der Waals surface area contributed by atoms with Crippen molar-refractivity contribution in [1.29, 1.82) is 0 Å². The molecule has 0 radical (unpaired) electrons. The average molecular weight is 279 g/mol. The van der Waals surface area contributed by atoms with Gasteiger partial charge in [0.25, 0.3) is 5.91 Å². The highest BCUT2D eigenvalue weighted by Gasteiger charge is 2.14. The van der Waals surface area contributed by atoms with E-state index >= 15 is 0 Å². The Morgan fingerprint density at radius 3 is 2.89 bits per heavy atom. The normalized spacial score (nSPS) is 12.4. The smallest absolute Gasteiger partial charge is 0.270 e. The number of halogens is 1. The van der Waals surface area contributed by atoms with Crippen molar-refractivity contribution in [3.8, 4) is 0 Å². The first-order chi connectivity index (χ1) is 9.15. The summed E-state index contributed by atoms with van der Waals surface area (Å²) in [5.74, 6) is -0.325. The van der Waals surface area contributed by atoms with Gasteiger partial charge in [0.15, 0.2) is 0 Å². The third-order valence-corrected chi connectivity index (χ3v) is 3.26. The van der Waals surface area contributed by atoms with E-state index in [1.54, 1.807) is 12.1 Å². The summed E-state index contributed by atoms with van der Waals surface area (Å²) < 4.78 is 0. The van der Waals surface area contributed by atoms with E-state index in [2.05, 4.69) is 10.3 Å². The van der Waals surface area contributed by atoms with E-state index in [4.69, 9.17) is 16.7 Å². The second-order valence-corrected chi connectivity index (χ2v) is 4.67. The minimum absolute atomic E-state index is 0.0937. The zero-order valence-corrected chi connectivity index (χ0v) is 11.3. The Bertz CT molecular complexity index is 597. The van der Waals surface area contributed by atoms with Gasteiger partial charge in [-0.3, -0.25) is 4.79 Å². The van der Waals surface area contributed by atoms with Crippen LogP contribution in [-0.4, -0.2) is 28.6 Å². The number of nitrogens with one attached hydrogen (secondary N) is 1. The molecule has 0 saturated heterocycles. The molecule has 0 bridgehead atoms. The van der Waals surface area contributed by atoms with Crippen LogP contribution in [-0.2, 0) is 0 Å². The molecule has 0 aliphatic heterocycles. The molecule has 1 atom stereocenters. The van der Waals surface area contributed by atoms with E-state index in [1.165, 1.54) is 0 Å². The highest BCUT2D eigenvalue weighted by atomic mass is 35.5. The number of rotatable bonds is 4. The van der Waals surface area contributed by atoms with E-state index in [0.29, 0.717) is 17.0 Å². The van der Waals surface area contributed by atoms with E-state index < -0.39 is 0 Å². The van der Waals surface area contributed by atoms with Gasteiger partial charge in [0, 0.05) is 5.39 Å². The number of hydrogen-bond acceptors (Lipinski definition) is 3. The number of aliphatic hydroxyl groups excluding tert-OH is 1. The number of nitrogens with zero attached hydrogens (tertiary/aromatic N) is 1. The molecule has 2 rings (SSSR count). The van der Waals surface area contributed by atoms with E-state index in [0.717, 1.165) is 5.39 Å². The van der Waals surface area contributed by atoms with Gasteiger partial charge in [0.1, 0.15) is 5.69 Å². The maximum Gasteiger partial charge on any atom is 0.270 e. The minimum atomic E-state index is -0.325. The highest BCUT2D eigenvalue weighted by Crippen LogP contribution is 2.22. The minimum Gasteiger partial charge on any atom is -0.394 e. The zero-order chi connectivity index (χ0) is 13.8. The zero-order valence-electron chi connectivity index (χ0n) is 10.6. The summed E-state index contributed by atoms with van der Waals surface area (Å²) in [5.41, 5.74) is 0.938. The number of hydrogen-bond donors (Lipinski definition) is 2. The first kappa shape index (κ1) is 13.8. The maximum absolute atomic E-state index is 12.0. The topological polar surface area (TPSA) is 62.2 Å². The first-order valence-electron chi connectivity index (χ1n) is 6.12. The van der Waals surface area contributed by atoms with Crippen molar-refractivity contribution in [2.45, 2.75) is 19.4 Å². The molecule has 0 aliphatic rings. The molecule has 0 aliphatic carbocycles. The third-order valence-electron chi connectivity index (χ3n) is 2.95. The van der Waals surface area contributed by atoms with Crippen molar-refractivity contribution >= 4 is 28.4 Å². The first-order valence-corrected chi connectivity index (χ1v) is 6.50. The predicted octanol–water partition coefficient (Wildman–Crippen LogP) is 2.39. The summed E-state index contributed by atoms with van der Waals surface area (Å²) in [7, 11) is 0. The summed E-state index contributed by atoms with van der Waals surface area (Å²) in [6.07, 6.45) is 0.656. The molecule has 2 aromatic rings. The number of aliphatic hydroxyl groups is 1. The van der Waals surface area contributed by atoms with Gasteiger partial charge < -0.3 is 10.4 Å². The monoisotopic (exact) mass is 278 g/mol. The SMILES string of the molecule is CCC(CO)NC(=O)c1cc(Cl)c2ccccc2n1. The lowest BCUT2D eigenvalue weighted by molar-refractivity contribution is 0.0910. The molecule has 1 heterocycles. The molecule has 100 valence electrons. The Morgan fingerprint density at radius 1 is 1.47 bits per heavy atom. The van der Waals surface area contributed by atoms with Gasteiger partial charge >= 0.3 is 0 Å². The molecular formula is C14H15ClN2O2. The van der Waals surface area contributed by atoms with Crippen LogP contribution in [0.25, 0.3) is 10.9 Å². The fraction of sp³-hybridized carbons (Fsp3) is 0.286. The standard InChI is InChI=1S/C14H15ClN2O2/c1-2-9(8-18)16-14(19)13-7-11(15)10-5-3-4-6-12(10)17-13/h3-7,9,18H,2,8H2,1H3,(H,16,19). The lowest BCUT2D eigenvalue weighted by atomic mass is 10.2. The Hall–Kier alpha value is -1.65.